The summed E-state index contributed by atoms with van der Waals surface area (Å²) >= 11 is 0. The first-order valence-corrected chi connectivity index (χ1v) is 9.58. The summed E-state index contributed by atoms with van der Waals surface area (Å²) in [6.45, 7) is 4.17. The van der Waals surface area contributed by atoms with Crippen molar-refractivity contribution in [3.05, 3.63) is 0 Å². The highest BCUT2D eigenvalue weighted by Gasteiger charge is 2.11. The monoisotopic (exact) mass is 343 g/mol. The van der Waals surface area contributed by atoms with Crippen LogP contribution in [0, 0.1) is 5.92 Å². The van der Waals surface area contributed by atoms with Crippen molar-refractivity contribution in [1.82, 2.24) is 5.32 Å². The van der Waals surface area contributed by atoms with Crippen LogP contribution in [0.2, 0.25) is 0 Å². The van der Waals surface area contributed by atoms with Crippen LogP contribution >= 0.6 is 0 Å². The predicted octanol–water partition coefficient (Wildman–Crippen LogP) is 3.89. The van der Waals surface area contributed by atoms with Gasteiger partial charge in [-0.15, -0.1) is 0 Å². The molecule has 0 radical (unpaired) electrons. The van der Waals surface area contributed by atoms with Gasteiger partial charge in [0.05, 0.1) is 12.5 Å². The van der Waals surface area contributed by atoms with Crippen LogP contribution < -0.4 is 5.32 Å². The van der Waals surface area contributed by atoms with E-state index in [2.05, 4.69) is 19.2 Å². The van der Waals surface area contributed by atoms with Gasteiger partial charge in [-0.2, -0.15) is 0 Å². The third-order valence-electron chi connectivity index (χ3n) is 4.18. The van der Waals surface area contributed by atoms with Crippen LogP contribution in [0.1, 0.15) is 90.9 Å². The number of aliphatic carboxylic acids is 1. The van der Waals surface area contributed by atoms with E-state index in [-0.39, 0.29) is 13.0 Å². The van der Waals surface area contributed by atoms with E-state index in [0.717, 1.165) is 18.8 Å². The van der Waals surface area contributed by atoms with Crippen molar-refractivity contribution in [3.63, 3.8) is 0 Å². The van der Waals surface area contributed by atoms with E-state index in [1.165, 1.54) is 51.4 Å². The van der Waals surface area contributed by atoms with Crippen LogP contribution in [0.25, 0.3) is 0 Å². The summed E-state index contributed by atoms with van der Waals surface area (Å²) in [6, 6.07) is 0. The van der Waals surface area contributed by atoms with Crippen LogP contribution in [0.5, 0.6) is 0 Å². The summed E-state index contributed by atoms with van der Waals surface area (Å²) in [7, 11) is 0. The number of carbonyl (C=O) groups is 2. The molecule has 0 bridgehead atoms. The molecule has 5 heteroatoms. The smallest absolute Gasteiger partial charge is 0.322 e. The van der Waals surface area contributed by atoms with E-state index in [0.29, 0.717) is 6.42 Å². The van der Waals surface area contributed by atoms with E-state index >= 15 is 0 Å². The quantitative estimate of drug-likeness (QED) is 0.371. The number of aliphatic hydroxyl groups excluding tert-OH is 1. The van der Waals surface area contributed by atoms with Crippen LogP contribution in [0.15, 0.2) is 0 Å². The lowest BCUT2D eigenvalue weighted by Gasteiger charge is -2.10. The minimum atomic E-state index is -1.07. The Balaban J connectivity index is 3.31. The van der Waals surface area contributed by atoms with Crippen molar-refractivity contribution in [1.29, 1.82) is 0 Å². The van der Waals surface area contributed by atoms with Gasteiger partial charge in [0, 0.05) is 0 Å². The zero-order chi connectivity index (χ0) is 18.2. The third kappa shape index (κ3) is 17.3. The Hall–Kier alpha value is -1.10. The van der Waals surface area contributed by atoms with Crippen molar-refractivity contribution in [2.75, 3.05) is 6.54 Å². The number of unbranched alkanes of at least 4 members (excludes halogenated alkanes) is 8. The first kappa shape index (κ1) is 22.9. The highest BCUT2D eigenvalue weighted by atomic mass is 16.4. The van der Waals surface area contributed by atoms with Gasteiger partial charge in [-0.25, -0.2) is 0 Å². The molecule has 0 aromatic heterocycles. The highest BCUT2D eigenvalue weighted by molar-refractivity contribution is 5.81. The maximum atomic E-state index is 11.3. The number of nitrogens with one attached hydrogen (secondary N) is 1. The Labute approximate surface area is 147 Å². The lowest BCUT2D eigenvalue weighted by Crippen LogP contribution is -2.31. The van der Waals surface area contributed by atoms with Gasteiger partial charge in [-0.3, -0.25) is 9.59 Å². The van der Waals surface area contributed by atoms with Gasteiger partial charge in [0.2, 0.25) is 5.91 Å². The van der Waals surface area contributed by atoms with Crippen LogP contribution in [0.3, 0.4) is 0 Å². The van der Waals surface area contributed by atoms with Crippen molar-refractivity contribution < 1.29 is 19.8 Å². The summed E-state index contributed by atoms with van der Waals surface area (Å²) in [4.78, 5) is 21.7. The number of carboxylic acids is 1. The maximum absolute atomic E-state index is 11.3. The molecule has 0 aromatic rings. The summed E-state index contributed by atoms with van der Waals surface area (Å²) < 4.78 is 0. The molecule has 0 saturated carbocycles. The average molecular weight is 344 g/mol. The molecule has 24 heavy (non-hydrogen) atoms. The second-order valence-electron chi connectivity index (χ2n) is 7.18. The summed E-state index contributed by atoms with van der Waals surface area (Å²) in [5.74, 6) is -0.649. The highest BCUT2D eigenvalue weighted by Crippen LogP contribution is 2.14. The van der Waals surface area contributed by atoms with Crippen molar-refractivity contribution in [3.8, 4) is 0 Å². The minimum absolute atomic E-state index is 0.0103. The van der Waals surface area contributed by atoms with Crippen molar-refractivity contribution >= 4 is 11.9 Å². The Kier molecular flexibility index (Phi) is 14.7. The molecule has 0 aromatic carbocycles. The number of carbonyl (C=O) groups excluding carboxylic acids is 1. The number of rotatable bonds is 16. The minimum Gasteiger partial charge on any atom is -0.480 e. The molecule has 0 aliphatic rings. The zero-order valence-corrected chi connectivity index (χ0v) is 15.6. The number of hydrogen-bond donors (Lipinski definition) is 3. The Morgan fingerprint density at radius 3 is 1.75 bits per heavy atom. The molecule has 5 nitrogen and oxygen atoms in total. The fraction of sp³-hybridized carbons (Fsp3) is 0.895. The van der Waals surface area contributed by atoms with Crippen molar-refractivity contribution in [2.24, 2.45) is 5.92 Å². The van der Waals surface area contributed by atoms with Gasteiger partial charge < -0.3 is 15.5 Å². The first-order valence-electron chi connectivity index (χ1n) is 9.58. The second kappa shape index (κ2) is 15.4. The molecule has 1 atom stereocenters. The van der Waals surface area contributed by atoms with E-state index in [9.17, 15) is 14.7 Å². The molecule has 3 N–H and O–H groups in total. The van der Waals surface area contributed by atoms with Gasteiger partial charge in [-0.1, -0.05) is 78.1 Å². The van der Waals surface area contributed by atoms with Crippen molar-refractivity contribution in [2.45, 2.75) is 97.0 Å². The van der Waals surface area contributed by atoms with Gasteiger partial charge in [-0.05, 0) is 12.3 Å². The summed E-state index contributed by atoms with van der Waals surface area (Å²) in [5, 5.41) is 20.4. The van der Waals surface area contributed by atoms with Gasteiger partial charge in [0.25, 0.3) is 0 Å². The Morgan fingerprint density at radius 2 is 1.29 bits per heavy atom. The molecule has 0 aliphatic carbocycles. The molecule has 1 amide bonds. The normalized spacial score (nSPS) is 12.3. The van der Waals surface area contributed by atoms with Gasteiger partial charge in [0.1, 0.15) is 6.54 Å². The first-order chi connectivity index (χ1) is 11.4. The second-order valence-corrected chi connectivity index (χ2v) is 7.18. The molecule has 0 spiro atoms. The van der Waals surface area contributed by atoms with Crippen LogP contribution in [0.4, 0.5) is 0 Å². The SMILES string of the molecule is CC(C)CCCCCCCCCCC[C@@H](O)CC(=O)NCC(=O)O. The standard InChI is InChI=1S/C19H37NO4/c1-16(2)12-10-8-6-4-3-5-7-9-11-13-17(21)14-18(22)20-15-19(23)24/h16-17,21H,3-15H2,1-2H3,(H,20,22)(H,23,24)/t17-/m1/s1. The summed E-state index contributed by atoms with van der Waals surface area (Å²) in [6.07, 6.45) is 12.4. The fourth-order valence-electron chi connectivity index (χ4n) is 2.73. The van der Waals surface area contributed by atoms with Crippen LogP contribution in [-0.4, -0.2) is 34.7 Å². The van der Waals surface area contributed by atoms with Crippen LogP contribution in [-0.2, 0) is 9.59 Å². The molecular formula is C19H37NO4. The lowest BCUT2D eigenvalue weighted by atomic mass is 10.0. The number of aliphatic hydroxyl groups is 1. The molecular weight excluding hydrogens is 306 g/mol. The average Bonchev–Trinajstić information content (AvgIpc) is 2.50. The molecule has 0 unspecified atom stereocenters. The predicted molar refractivity (Wildman–Crippen MR) is 96.9 cm³/mol. The summed E-state index contributed by atoms with van der Waals surface area (Å²) in [5.41, 5.74) is 0. The molecule has 0 fully saturated rings. The molecule has 0 aliphatic heterocycles. The number of hydrogen-bond acceptors (Lipinski definition) is 3. The fourth-order valence-corrected chi connectivity index (χ4v) is 2.73. The van der Waals surface area contributed by atoms with E-state index in [1.807, 2.05) is 0 Å². The Bertz CT molecular complexity index is 331. The number of carboxylic acid groups (broad SMARTS) is 1. The third-order valence-corrected chi connectivity index (χ3v) is 4.18. The number of amides is 1. The molecule has 0 rings (SSSR count). The van der Waals surface area contributed by atoms with E-state index in [4.69, 9.17) is 5.11 Å². The lowest BCUT2D eigenvalue weighted by molar-refractivity contribution is -0.138. The van der Waals surface area contributed by atoms with Gasteiger partial charge >= 0.3 is 5.97 Å². The topological polar surface area (TPSA) is 86.6 Å². The maximum Gasteiger partial charge on any atom is 0.322 e. The van der Waals surface area contributed by atoms with E-state index in [1.54, 1.807) is 0 Å². The zero-order valence-electron chi connectivity index (χ0n) is 15.6. The largest absolute Gasteiger partial charge is 0.480 e. The van der Waals surface area contributed by atoms with E-state index < -0.39 is 18.0 Å². The van der Waals surface area contributed by atoms with Gasteiger partial charge in [0.15, 0.2) is 0 Å². The molecule has 0 heterocycles. The molecule has 142 valence electrons. The Morgan fingerprint density at radius 1 is 0.833 bits per heavy atom. The molecule has 0 saturated heterocycles.